The Hall–Kier alpha value is -0.130. The van der Waals surface area contributed by atoms with Crippen LogP contribution < -0.4 is 10.0 Å². The predicted octanol–water partition coefficient (Wildman–Crippen LogP) is 0.846. The zero-order valence-electron chi connectivity index (χ0n) is 10.1. The van der Waals surface area contributed by atoms with Crippen LogP contribution in [0.2, 0.25) is 0 Å². The number of hydrogen-bond acceptors (Lipinski definition) is 3. The molecule has 2 fully saturated rings. The van der Waals surface area contributed by atoms with Crippen molar-refractivity contribution >= 4 is 10.0 Å². The smallest absolute Gasteiger partial charge is 0.214 e. The molecule has 1 aliphatic carbocycles. The fourth-order valence-corrected chi connectivity index (χ4v) is 3.71. The normalized spacial score (nSPS) is 30.2. The highest BCUT2D eigenvalue weighted by atomic mass is 32.2. The molecule has 0 radical (unpaired) electrons. The van der Waals surface area contributed by atoms with Crippen LogP contribution in [0.3, 0.4) is 0 Å². The largest absolute Gasteiger partial charge is 0.312 e. The molecule has 0 amide bonds. The van der Waals surface area contributed by atoms with Crippen LogP contribution >= 0.6 is 0 Å². The van der Waals surface area contributed by atoms with Gasteiger partial charge in [0.15, 0.2) is 0 Å². The van der Waals surface area contributed by atoms with Crippen LogP contribution in [0.15, 0.2) is 0 Å². The summed E-state index contributed by atoms with van der Waals surface area (Å²) in [5.74, 6) is 0. The predicted molar refractivity (Wildman–Crippen MR) is 64.8 cm³/mol. The van der Waals surface area contributed by atoms with E-state index in [0.717, 1.165) is 25.8 Å². The molecule has 4 nitrogen and oxygen atoms in total. The van der Waals surface area contributed by atoms with Gasteiger partial charge in [0.1, 0.15) is 0 Å². The molecule has 2 rings (SSSR count). The quantitative estimate of drug-likeness (QED) is 0.773. The van der Waals surface area contributed by atoms with Gasteiger partial charge in [0.2, 0.25) is 10.0 Å². The molecule has 0 spiro atoms. The van der Waals surface area contributed by atoms with Gasteiger partial charge in [-0.15, -0.1) is 0 Å². The Morgan fingerprint density at radius 1 is 1.38 bits per heavy atom. The first-order chi connectivity index (χ1) is 7.42. The zero-order chi connectivity index (χ0) is 11.8. The van der Waals surface area contributed by atoms with E-state index in [1.165, 1.54) is 6.42 Å². The maximum Gasteiger partial charge on any atom is 0.214 e. The molecule has 1 aliphatic heterocycles. The third kappa shape index (κ3) is 2.76. The number of sulfonamides is 1. The van der Waals surface area contributed by atoms with Gasteiger partial charge in [0.25, 0.3) is 0 Å². The molecule has 0 aromatic carbocycles. The van der Waals surface area contributed by atoms with E-state index < -0.39 is 10.0 Å². The molecule has 94 valence electrons. The molecule has 0 bridgehead atoms. The van der Waals surface area contributed by atoms with Crippen LogP contribution in [0.5, 0.6) is 0 Å². The third-order valence-electron chi connectivity index (χ3n) is 3.78. The summed E-state index contributed by atoms with van der Waals surface area (Å²) in [6, 6.07) is 0.259. The second-order valence-electron chi connectivity index (χ2n) is 5.69. The molecule has 1 saturated carbocycles. The zero-order valence-corrected chi connectivity index (χ0v) is 10.9. The van der Waals surface area contributed by atoms with Crippen LogP contribution in [0.4, 0.5) is 0 Å². The summed E-state index contributed by atoms with van der Waals surface area (Å²) < 4.78 is 26.2. The van der Waals surface area contributed by atoms with Crippen molar-refractivity contribution < 1.29 is 8.42 Å². The molecular formula is C11H22N2O2S. The topological polar surface area (TPSA) is 58.2 Å². The minimum atomic E-state index is -3.03. The summed E-state index contributed by atoms with van der Waals surface area (Å²) in [6.07, 6.45) is 4.00. The first-order valence-electron chi connectivity index (χ1n) is 6.14. The van der Waals surface area contributed by atoms with Crippen molar-refractivity contribution in [1.29, 1.82) is 0 Å². The van der Waals surface area contributed by atoms with Gasteiger partial charge in [-0.2, -0.15) is 0 Å². The SMILES string of the molecule is CC1(C)CCCNC1CNS(=O)(=O)C1CC1. The lowest BCUT2D eigenvalue weighted by atomic mass is 9.78. The molecule has 1 atom stereocenters. The highest BCUT2D eigenvalue weighted by Crippen LogP contribution is 2.31. The van der Waals surface area contributed by atoms with E-state index in [-0.39, 0.29) is 16.7 Å². The molecule has 2 aliphatic rings. The molecule has 1 unspecified atom stereocenters. The van der Waals surface area contributed by atoms with Gasteiger partial charge < -0.3 is 5.32 Å². The first-order valence-corrected chi connectivity index (χ1v) is 7.68. The lowest BCUT2D eigenvalue weighted by molar-refractivity contribution is 0.181. The van der Waals surface area contributed by atoms with Crippen molar-refractivity contribution in [1.82, 2.24) is 10.0 Å². The van der Waals surface area contributed by atoms with Crippen molar-refractivity contribution in [2.45, 2.75) is 50.8 Å². The highest BCUT2D eigenvalue weighted by Gasteiger charge is 2.38. The van der Waals surface area contributed by atoms with E-state index in [1.54, 1.807) is 0 Å². The van der Waals surface area contributed by atoms with Gasteiger partial charge in [0.05, 0.1) is 5.25 Å². The first kappa shape index (κ1) is 12.3. The highest BCUT2D eigenvalue weighted by molar-refractivity contribution is 7.90. The van der Waals surface area contributed by atoms with Gasteiger partial charge in [-0.05, 0) is 37.6 Å². The van der Waals surface area contributed by atoms with Crippen LogP contribution in [0.1, 0.15) is 39.5 Å². The Morgan fingerprint density at radius 2 is 2.06 bits per heavy atom. The van der Waals surface area contributed by atoms with Crippen molar-refractivity contribution in [3.05, 3.63) is 0 Å². The summed E-state index contributed by atoms with van der Waals surface area (Å²) >= 11 is 0. The number of hydrogen-bond donors (Lipinski definition) is 2. The van der Waals surface area contributed by atoms with Gasteiger partial charge in [0, 0.05) is 12.6 Å². The van der Waals surface area contributed by atoms with E-state index in [2.05, 4.69) is 23.9 Å². The third-order valence-corrected chi connectivity index (χ3v) is 5.70. The van der Waals surface area contributed by atoms with Crippen molar-refractivity contribution in [2.75, 3.05) is 13.1 Å². The van der Waals surface area contributed by atoms with Gasteiger partial charge in [-0.1, -0.05) is 13.8 Å². The number of rotatable bonds is 4. The summed E-state index contributed by atoms with van der Waals surface area (Å²) in [4.78, 5) is 0. The number of piperidine rings is 1. The summed E-state index contributed by atoms with van der Waals surface area (Å²) in [7, 11) is -3.03. The summed E-state index contributed by atoms with van der Waals surface area (Å²) in [5, 5.41) is 3.30. The van der Waals surface area contributed by atoms with Gasteiger partial charge >= 0.3 is 0 Å². The standard InChI is InChI=1S/C11H22N2O2S/c1-11(2)6-3-7-12-10(11)8-13-16(14,15)9-4-5-9/h9-10,12-13H,3-8H2,1-2H3. The Morgan fingerprint density at radius 3 is 2.62 bits per heavy atom. The maximum absolute atomic E-state index is 11.7. The Balaban J connectivity index is 1.89. The number of nitrogens with one attached hydrogen (secondary N) is 2. The molecule has 2 N–H and O–H groups in total. The fraction of sp³-hybridized carbons (Fsp3) is 1.00. The lowest BCUT2D eigenvalue weighted by Gasteiger charge is -2.39. The van der Waals surface area contributed by atoms with Crippen LogP contribution in [-0.2, 0) is 10.0 Å². The van der Waals surface area contributed by atoms with Crippen molar-refractivity contribution in [3.63, 3.8) is 0 Å². The molecular weight excluding hydrogens is 224 g/mol. The van der Waals surface area contributed by atoms with Crippen molar-refractivity contribution in [2.24, 2.45) is 5.41 Å². The second kappa shape index (κ2) is 4.27. The Labute approximate surface area is 98.2 Å². The van der Waals surface area contributed by atoms with Crippen molar-refractivity contribution in [3.8, 4) is 0 Å². The van der Waals surface area contributed by atoms with E-state index in [1.807, 2.05) is 0 Å². The second-order valence-corrected chi connectivity index (χ2v) is 7.74. The molecule has 16 heavy (non-hydrogen) atoms. The van der Waals surface area contributed by atoms with Gasteiger partial charge in [-0.25, -0.2) is 13.1 Å². The Bertz CT molecular complexity index is 347. The van der Waals surface area contributed by atoms with E-state index in [9.17, 15) is 8.42 Å². The molecule has 5 heteroatoms. The minimum absolute atomic E-state index is 0.112. The summed E-state index contributed by atoms with van der Waals surface area (Å²) in [5.41, 5.74) is 0.185. The van der Waals surface area contributed by atoms with E-state index >= 15 is 0 Å². The summed E-state index contributed by atoms with van der Waals surface area (Å²) in [6.45, 7) is 5.94. The fourth-order valence-electron chi connectivity index (χ4n) is 2.31. The van der Waals surface area contributed by atoms with Crippen LogP contribution in [0, 0.1) is 5.41 Å². The molecule has 1 heterocycles. The average molecular weight is 246 g/mol. The van der Waals surface area contributed by atoms with Gasteiger partial charge in [-0.3, -0.25) is 0 Å². The Kier molecular flexibility index (Phi) is 3.29. The molecule has 0 aromatic heterocycles. The maximum atomic E-state index is 11.7. The average Bonchev–Trinajstić information content (AvgIpc) is 2.98. The molecule has 0 aromatic rings. The van der Waals surface area contributed by atoms with Crippen LogP contribution in [0.25, 0.3) is 0 Å². The minimum Gasteiger partial charge on any atom is -0.312 e. The lowest BCUT2D eigenvalue weighted by Crippen LogP contribution is -2.53. The molecule has 1 saturated heterocycles. The van der Waals surface area contributed by atoms with E-state index in [0.29, 0.717) is 6.54 Å². The van der Waals surface area contributed by atoms with E-state index in [4.69, 9.17) is 0 Å². The monoisotopic (exact) mass is 246 g/mol. The van der Waals surface area contributed by atoms with Crippen LogP contribution in [-0.4, -0.2) is 32.8 Å².